The van der Waals surface area contributed by atoms with Crippen LogP contribution in [0.5, 0.6) is 0 Å². The predicted molar refractivity (Wildman–Crippen MR) is 170 cm³/mol. The van der Waals surface area contributed by atoms with Gasteiger partial charge in [-0.05, 0) is 54.3 Å². The SMILES string of the molecule is CS(=O)(=O)N(CC(=O)N(Cc1ccc(Cl)c(Cl)c1)[C@@H](Cc1ccccc1)C(=O)NC1CCCCC1)c1ccc(F)c(Cl)c1. The third kappa shape index (κ3) is 9.08. The number of carbonyl (C=O) groups excluding carboxylic acids is 2. The summed E-state index contributed by atoms with van der Waals surface area (Å²) >= 11 is 18.4. The minimum atomic E-state index is -4.02. The maximum atomic E-state index is 14.2. The molecule has 3 aromatic rings. The van der Waals surface area contributed by atoms with Crippen molar-refractivity contribution in [2.75, 3.05) is 17.1 Å². The van der Waals surface area contributed by atoms with Gasteiger partial charge < -0.3 is 10.2 Å². The van der Waals surface area contributed by atoms with Crippen LogP contribution in [0.3, 0.4) is 0 Å². The first-order valence-corrected chi connectivity index (χ1v) is 16.9. The van der Waals surface area contributed by atoms with Gasteiger partial charge in [-0.3, -0.25) is 13.9 Å². The molecule has 1 aliphatic rings. The van der Waals surface area contributed by atoms with Crippen LogP contribution in [0.2, 0.25) is 15.1 Å². The molecule has 0 bridgehead atoms. The number of anilines is 1. The highest BCUT2D eigenvalue weighted by Crippen LogP contribution is 2.27. The van der Waals surface area contributed by atoms with E-state index in [1.165, 1.54) is 11.0 Å². The zero-order chi connectivity index (χ0) is 31.1. The monoisotopic (exact) mass is 667 g/mol. The van der Waals surface area contributed by atoms with Gasteiger partial charge in [0.1, 0.15) is 18.4 Å². The summed E-state index contributed by atoms with van der Waals surface area (Å²) in [5, 5.41) is 3.45. The molecule has 3 aromatic carbocycles. The number of benzene rings is 3. The number of nitrogens with zero attached hydrogens (tertiary/aromatic N) is 2. The van der Waals surface area contributed by atoms with Gasteiger partial charge in [-0.1, -0.05) is 90.5 Å². The van der Waals surface area contributed by atoms with E-state index < -0.39 is 34.3 Å². The number of nitrogens with one attached hydrogen (secondary N) is 1. The molecule has 1 saturated carbocycles. The second kappa shape index (κ2) is 14.8. The minimum Gasteiger partial charge on any atom is -0.352 e. The molecule has 0 unspecified atom stereocenters. The maximum absolute atomic E-state index is 14.2. The smallest absolute Gasteiger partial charge is 0.244 e. The Morgan fingerprint density at radius 3 is 2.23 bits per heavy atom. The highest BCUT2D eigenvalue weighted by atomic mass is 35.5. The van der Waals surface area contributed by atoms with Crippen molar-refractivity contribution in [3.05, 3.63) is 98.7 Å². The first-order chi connectivity index (χ1) is 20.4. The van der Waals surface area contributed by atoms with Crippen LogP contribution in [0.25, 0.3) is 0 Å². The zero-order valence-corrected chi connectivity index (χ0v) is 26.7. The molecular formula is C31H33Cl3FN3O4S. The summed E-state index contributed by atoms with van der Waals surface area (Å²) in [6.07, 6.45) is 5.94. The molecule has 7 nitrogen and oxygen atoms in total. The number of amides is 2. The quantitative estimate of drug-likeness (QED) is 0.248. The minimum absolute atomic E-state index is 0.0167. The van der Waals surface area contributed by atoms with E-state index in [4.69, 9.17) is 34.8 Å². The van der Waals surface area contributed by atoms with Crippen LogP contribution in [0.1, 0.15) is 43.2 Å². The van der Waals surface area contributed by atoms with Gasteiger partial charge in [-0.25, -0.2) is 12.8 Å². The van der Waals surface area contributed by atoms with Gasteiger partial charge in [0.2, 0.25) is 21.8 Å². The normalized spacial score (nSPS) is 14.6. The third-order valence-corrected chi connectivity index (χ3v) is 9.60. The molecule has 0 aliphatic heterocycles. The van der Waals surface area contributed by atoms with Crippen LogP contribution in [0, 0.1) is 5.82 Å². The van der Waals surface area contributed by atoms with Crippen LogP contribution >= 0.6 is 34.8 Å². The van der Waals surface area contributed by atoms with Crippen molar-refractivity contribution in [3.63, 3.8) is 0 Å². The van der Waals surface area contributed by atoms with Crippen molar-refractivity contribution in [1.82, 2.24) is 10.2 Å². The van der Waals surface area contributed by atoms with Crippen LogP contribution < -0.4 is 9.62 Å². The van der Waals surface area contributed by atoms with E-state index in [0.29, 0.717) is 10.6 Å². The van der Waals surface area contributed by atoms with E-state index in [1.54, 1.807) is 18.2 Å². The Labute approximate surface area is 267 Å². The fourth-order valence-corrected chi connectivity index (χ4v) is 6.52. The highest BCUT2D eigenvalue weighted by molar-refractivity contribution is 7.92. The summed E-state index contributed by atoms with van der Waals surface area (Å²) in [6.45, 7) is -0.697. The van der Waals surface area contributed by atoms with Crippen molar-refractivity contribution < 1.29 is 22.4 Å². The lowest BCUT2D eigenvalue weighted by molar-refractivity contribution is -0.140. The maximum Gasteiger partial charge on any atom is 0.244 e. The largest absolute Gasteiger partial charge is 0.352 e. The molecule has 4 rings (SSSR count). The number of carbonyl (C=O) groups is 2. The van der Waals surface area contributed by atoms with Crippen LogP contribution in [0.15, 0.2) is 66.7 Å². The van der Waals surface area contributed by atoms with Gasteiger partial charge in [-0.15, -0.1) is 0 Å². The average Bonchev–Trinajstić information content (AvgIpc) is 2.97. The third-order valence-electron chi connectivity index (χ3n) is 7.43. The van der Waals surface area contributed by atoms with E-state index >= 15 is 0 Å². The lowest BCUT2D eigenvalue weighted by atomic mass is 9.94. The van der Waals surface area contributed by atoms with Gasteiger partial charge >= 0.3 is 0 Å². The highest BCUT2D eigenvalue weighted by Gasteiger charge is 2.34. The molecule has 12 heteroatoms. The first-order valence-electron chi connectivity index (χ1n) is 13.9. The van der Waals surface area contributed by atoms with Crippen molar-refractivity contribution in [1.29, 1.82) is 0 Å². The summed E-state index contributed by atoms with van der Waals surface area (Å²) in [6, 6.07) is 16.6. The molecule has 1 fully saturated rings. The summed E-state index contributed by atoms with van der Waals surface area (Å²) < 4.78 is 40.5. The fourth-order valence-electron chi connectivity index (χ4n) is 5.19. The lowest BCUT2D eigenvalue weighted by Gasteiger charge is -2.35. The van der Waals surface area contributed by atoms with Gasteiger partial charge in [0, 0.05) is 19.0 Å². The number of hydrogen-bond acceptors (Lipinski definition) is 4. The number of sulfonamides is 1. The Hall–Kier alpha value is -2.85. The van der Waals surface area contributed by atoms with Crippen LogP contribution in [-0.4, -0.2) is 50.0 Å². The summed E-state index contributed by atoms with van der Waals surface area (Å²) in [5.41, 5.74) is 1.44. The fraction of sp³-hybridized carbons (Fsp3) is 0.355. The Morgan fingerprint density at radius 2 is 1.60 bits per heavy atom. The van der Waals surface area contributed by atoms with E-state index in [2.05, 4.69) is 5.32 Å². The second-order valence-corrected chi connectivity index (χ2v) is 13.8. The zero-order valence-electron chi connectivity index (χ0n) is 23.6. The standard InChI is InChI=1S/C31H33Cl3FN3O4S/c1-43(41,42)38(24-13-15-28(35)27(34)18-24)20-30(39)37(19-22-12-14-25(32)26(33)16-22)29(17-21-8-4-2-5-9-21)31(40)36-23-10-6-3-7-11-23/h2,4-5,8-9,12-16,18,23,29H,3,6-7,10-11,17,19-20H2,1H3,(H,36,40)/t29-/m0/s1. The molecule has 1 aliphatic carbocycles. The van der Waals surface area contributed by atoms with Crippen LogP contribution in [0.4, 0.5) is 10.1 Å². The molecule has 0 heterocycles. The molecule has 0 saturated heterocycles. The van der Waals surface area contributed by atoms with Crippen molar-refractivity contribution >= 4 is 62.3 Å². The molecule has 43 heavy (non-hydrogen) atoms. The van der Waals surface area contributed by atoms with E-state index in [0.717, 1.165) is 60.4 Å². The molecule has 0 spiro atoms. The Morgan fingerprint density at radius 1 is 0.907 bits per heavy atom. The summed E-state index contributed by atoms with van der Waals surface area (Å²) in [5.74, 6) is -1.70. The topological polar surface area (TPSA) is 86.8 Å². The average molecular weight is 669 g/mol. The molecule has 0 radical (unpaired) electrons. The van der Waals surface area contributed by atoms with Gasteiger partial charge in [0.05, 0.1) is 27.0 Å². The van der Waals surface area contributed by atoms with E-state index in [9.17, 15) is 22.4 Å². The van der Waals surface area contributed by atoms with Gasteiger partial charge in [-0.2, -0.15) is 0 Å². The lowest BCUT2D eigenvalue weighted by Crippen LogP contribution is -2.55. The van der Waals surface area contributed by atoms with Gasteiger partial charge in [0.25, 0.3) is 0 Å². The molecule has 1 N–H and O–H groups in total. The summed E-state index contributed by atoms with van der Waals surface area (Å²) in [7, 11) is -4.02. The van der Waals surface area contributed by atoms with Gasteiger partial charge in [0.15, 0.2) is 0 Å². The molecule has 0 aromatic heterocycles. The van der Waals surface area contributed by atoms with Crippen LogP contribution in [-0.2, 0) is 32.6 Å². The van der Waals surface area contributed by atoms with E-state index in [-0.39, 0.29) is 40.6 Å². The Balaban J connectivity index is 1.74. The first kappa shape index (κ1) is 33.1. The molecule has 230 valence electrons. The van der Waals surface area contributed by atoms with Crippen molar-refractivity contribution in [3.8, 4) is 0 Å². The predicted octanol–water partition coefficient (Wildman–Crippen LogP) is 6.64. The molecular weight excluding hydrogens is 636 g/mol. The number of halogens is 4. The number of rotatable bonds is 11. The Kier molecular flexibility index (Phi) is 11.3. The van der Waals surface area contributed by atoms with Crippen molar-refractivity contribution in [2.45, 2.75) is 57.2 Å². The van der Waals surface area contributed by atoms with E-state index in [1.807, 2.05) is 30.3 Å². The molecule has 2 amide bonds. The number of hydrogen-bond donors (Lipinski definition) is 1. The summed E-state index contributed by atoms with van der Waals surface area (Å²) in [4.78, 5) is 29.5. The Bertz CT molecular complexity index is 1550. The molecule has 1 atom stereocenters. The second-order valence-electron chi connectivity index (χ2n) is 10.7. The van der Waals surface area contributed by atoms with Crippen molar-refractivity contribution in [2.24, 2.45) is 0 Å².